The van der Waals surface area contributed by atoms with Crippen molar-refractivity contribution in [1.82, 2.24) is 10.2 Å². The maximum Gasteiger partial charge on any atom is 0.149 e. The fourth-order valence-electron chi connectivity index (χ4n) is 2.17. The molecule has 0 spiro atoms. The second kappa shape index (κ2) is 5.78. The summed E-state index contributed by atoms with van der Waals surface area (Å²) in [5.74, 6) is 1.96. The molecule has 0 radical (unpaired) electrons. The van der Waals surface area contributed by atoms with Gasteiger partial charge in [-0.15, -0.1) is 0 Å². The van der Waals surface area contributed by atoms with Crippen molar-refractivity contribution in [3.63, 3.8) is 0 Å². The van der Waals surface area contributed by atoms with Crippen molar-refractivity contribution < 1.29 is 4.74 Å². The summed E-state index contributed by atoms with van der Waals surface area (Å²) in [6, 6.07) is 7.96. The summed E-state index contributed by atoms with van der Waals surface area (Å²) >= 11 is 0. The average Bonchev–Trinajstić information content (AvgIpc) is 2.72. The minimum Gasteiger partial charge on any atom is -0.493 e. The predicted octanol–water partition coefficient (Wildman–Crippen LogP) is 3.26. The van der Waals surface area contributed by atoms with Crippen LogP contribution in [0.1, 0.15) is 26.3 Å². The highest BCUT2D eigenvalue weighted by Gasteiger charge is 2.16. The lowest BCUT2D eigenvalue weighted by molar-refractivity contribution is 0.341. The number of nitrogens with zero attached hydrogens (tertiary/aromatic N) is 1. The molecule has 2 rings (SSSR count). The third-order valence-corrected chi connectivity index (χ3v) is 2.97. The highest BCUT2D eigenvalue weighted by molar-refractivity contribution is 5.73. The minimum absolute atomic E-state index is 0.526. The van der Waals surface area contributed by atoms with Crippen molar-refractivity contribution in [2.45, 2.75) is 27.2 Å². The van der Waals surface area contributed by atoms with E-state index in [-0.39, 0.29) is 0 Å². The van der Waals surface area contributed by atoms with Gasteiger partial charge < -0.3 is 10.5 Å². The molecule has 4 nitrogen and oxygen atoms in total. The maximum atomic E-state index is 5.97. The van der Waals surface area contributed by atoms with Crippen LogP contribution in [0.15, 0.2) is 24.3 Å². The number of aromatic nitrogens is 2. The first-order chi connectivity index (χ1) is 9.13. The lowest BCUT2D eigenvalue weighted by atomic mass is 9.99. The molecule has 0 unspecified atom stereocenters. The molecule has 0 saturated carbocycles. The molecule has 0 aliphatic carbocycles. The van der Waals surface area contributed by atoms with Crippen LogP contribution < -0.4 is 10.5 Å². The summed E-state index contributed by atoms with van der Waals surface area (Å²) in [7, 11) is 0. The van der Waals surface area contributed by atoms with Crippen molar-refractivity contribution in [2.75, 3.05) is 12.3 Å². The summed E-state index contributed by atoms with van der Waals surface area (Å²) in [5, 5.41) is 7.18. The number of nitrogens with two attached hydrogens (primary N) is 1. The van der Waals surface area contributed by atoms with Crippen LogP contribution in [0.25, 0.3) is 11.3 Å². The van der Waals surface area contributed by atoms with Gasteiger partial charge in [0, 0.05) is 11.1 Å². The number of anilines is 1. The number of H-pyrrole nitrogens is 1. The number of aromatic amines is 1. The SMILES string of the molecule is CCOc1ccccc1-c1[nH]nc(N)c1CC(C)C. The van der Waals surface area contributed by atoms with E-state index in [1.807, 2.05) is 31.2 Å². The van der Waals surface area contributed by atoms with E-state index in [2.05, 4.69) is 24.0 Å². The van der Waals surface area contributed by atoms with Gasteiger partial charge in [-0.2, -0.15) is 5.10 Å². The lowest BCUT2D eigenvalue weighted by Gasteiger charge is -2.11. The van der Waals surface area contributed by atoms with Crippen molar-refractivity contribution in [3.8, 4) is 17.0 Å². The van der Waals surface area contributed by atoms with Crippen LogP contribution in [0.2, 0.25) is 0 Å². The number of ether oxygens (including phenoxy) is 1. The van der Waals surface area contributed by atoms with Crippen LogP contribution in [0.3, 0.4) is 0 Å². The molecule has 1 aromatic heterocycles. The fraction of sp³-hybridized carbons (Fsp3) is 0.400. The van der Waals surface area contributed by atoms with Gasteiger partial charge in [0.05, 0.1) is 12.3 Å². The molecule has 0 amide bonds. The highest BCUT2D eigenvalue weighted by atomic mass is 16.5. The van der Waals surface area contributed by atoms with E-state index in [0.717, 1.165) is 29.0 Å². The molecule has 0 aliphatic heterocycles. The van der Waals surface area contributed by atoms with Crippen molar-refractivity contribution >= 4 is 5.82 Å². The third-order valence-electron chi connectivity index (χ3n) is 2.97. The molecule has 0 bridgehead atoms. The van der Waals surface area contributed by atoms with E-state index in [1.165, 1.54) is 0 Å². The van der Waals surface area contributed by atoms with Gasteiger partial charge in [0.15, 0.2) is 0 Å². The van der Waals surface area contributed by atoms with E-state index < -0.39 is 0 Å². The number of hydrogen-bond acceptors (Lipinski definition) is 3. The molecular weight excluding hydrogens is 238 g/mol. The normalized spacial score (nSPS) is 10.9. The Balaban J connectivity index is 2.47. The molecule has 0 aliphatic rings. The van der Waals surface area contributed by atoms with Crippen LogP contribution in [0.5, 0.6) is 5.75 Å². The second-order valence-electron chi connectivity index (χ2n) is 4.99. The monoisotopic (exact) mass is 259 g/mol. The fourth-order valence-corrected chi connectivity index (χ4v) is 2.17. The van der Waals surface area contributed by atoms with Gasteiger partial charge in [0.1, 0.15) is 11.6 Å². The molecule has 0 saturated heterocycles. The molecule has 2 aromatic rings. The molecule has 4 heteroatoms. The number of nitrogens with one attached hydrogen (secondary N) is 1. The molecule has 3 N–H and O–H groups in total. The third kappa shape index (κ3) is 2.89. The largest absolute Gasteiger partial charge is 0.493 e. The Kier molecular flexibility index (Phi) is 4.10. The zero-order chi connectivity index (χ0) is 13.8. The Morgan fingerprint density at radius 1 is 1.32 bits per heavy atom. The molecule has 102 valence electrons. The van der Waals surface area contributed by atoms with Gasteiger partial charge in [0.2, 0.25) is 0 Å². The van der Waals surface area contributed by atoms with E-state index in [4.69, 9.17) is 10.5 Å². The summed E-state index contributed by atoms with van der Waals surface area (Å²) in [4.78, 5) is 0. The van der Waals surface area contributed by atoms with E-state index in [0.29, 0.717) is 18.3 Å². The van der Waals surface area contributed by atoms with E-state index in [9.17, 15) is 0 Å². The highest BCUT2D eigenvalue weighted by Crippen LogP contribution is 2.33. The van der Waals surface area contributed by atoms with Gasteiger partial charge in [-0.25, -0.2) is 0 Å². The van der Waals surface area contributed by atoms with Gasteiger partial charge >= 0.3 is 0 Å². The van der Waals surface area contributed by atoms with Crippen molar-refractivity contribution in [3.05, 3.63) is 29.8 Å². The van der Waals surface area contributed by atoms with Gasteiger partial charge in [0.25, 0.3) is 0 Å². The Morgan fingerprint density at radius 3 is 2.74 bits per heavy atom. The standard InChI is InChI=1S/C15H21N3O/c1-4-19-13-8-6-5-7-11(13)14-12(9-10(2)3)15(16)18-17-14/h5-8,10H,4,9H2,1-3H3,(H3,16,17,18). The lowest BCUT2D eigenvalue weighted by Crippen LogP contribution is -2.00. The first-order valence-electron chi connectivity index (χ1n) is 6.68. The van der Waals surface area contributed by atoms with Crippen molar-refractivity contribution in [2.24, 2.45) is 5.92 Å². The van der Waals surface area contributed by atoms with E-state index >= 15 is 0 Å². The number of rotatable bonds is 5. The van der Waals surface area contributed by atoms with Crippen molar-refractivity contribution in [1.29, 1.82) is 0 Å². The van der Waals surface area contributed by atoms with Gasteiger partial charge in [-0.3, -0.25) is 5.10 Å². The molecule has 1 aromatic carbocycles. The summed E-state index contributed by atoms with van der Waals surface area (Å²) in [5.41, 5.74) is 9.02. The quantitative estimate of drug-likeness (QED) is 0.866. The molecule has 19 heavy (non-hydrogen) atoms. The zero-order valence-electron chi connectivity index (χ0n) is 11.7. The Labute approximate surface area is 114 Å². The molecule has 1 heterocycles. The summed E-state index contributed by atoms with van der Waals surface area (Å²) < 4.78 is 5.67. The van der Waals surface area contributed by atoms with Gasteiger partial charge in [-0.05, 0) is 31.4 Å². The van der Waals surface area contributed by atoms with Crippen LogP contribution >= 0.6 is 0 Å². The van der Waals surface area contributed by atoms with Gasteiger partial charge in [-0.1, -0.05) is 26.0 Å². The molecule has 0 fully saturated rings. The topological polar surface area (TPSA) is 63.9 Å². The molecular formula is C15H21N3O. The van der Waals surface area contributed by atoms with Crippen LogP contribution in [0, 0.1) is 5.92 Å². The predicted molar refractivity (Wildman–Crippen MR) is 78.1 cm³/mol. The number of para-hydroxylation sites is 1. The minimum atomic E-state index is 0.526. The number of hydrogen-bond donors (Lipinski definition) is 2. The smallest absolute Gasteiger partial charge is 0.149 e. The Hall–Kier alpha value is -1.97. The maximum absolute atomic E-state index is 5.97. The first-order valence-corrected chi connectivity index (χ1v) is 6.68. The molecule has 0 atom stereocenters. The van der Waals surface area contributed by atoms with Crippen LogP contribution in [0.4, 0.5) is 5.82 Å². The summed E-state index contributed by atoms with van der Waals surface area (Å²) in [6.07, 6.45) is 0.901. The second-order valence-corrected chi connectivity index (χ2v) is 4.99. The first kappa shape index (κ1) is 13.5. The van der Waals surface area contributed by atoms with Crippen LogP contribution in [-0.4, -0.2) is 16.8 Å². The van der Waals surface area contributed by atoms with Crippen LogP contribution in [-0.2, 0) is 6.42 Å². The summed E-state index contributed by atoms with van der Waals surface area (Å²) in [6.45, 7) is 6.96. The van der Waals surface area contributed by atoms with E-state index in [1.54, 1.807) is 0 Å². The average molecular weight is 259 g/mol. The number of nitrogen functional groups attached to an aromatic ring is 1. The Bertz CT molecular complexity index is 546. The number of benzene rings is 1. The zero-order valence-corrected chi connectivity index (χ0v) is 11.7. The Morgan fingerprint density at radius 2 is 2.05 bits per heavy atom.